The minimum Gasteiger partial charge on any atom is -0.357 e. The van der Waals surface area contributed by atoms with Gasteiger partial charge in [0, 0.05) is 44.2 Å². The Morgan fingerprint density at radius 2 is 1.83 bits per heavy atom. The molecule has 0 radical (unpaired) electrons. The predicted octanol–water partition coefficient (Wildman–Crippen LogP) is 2.51. The number of guanidine groups is 1. The summed E-state index contributed by atoms with van der Waals surface area (Å²) in [5, 5.41) is 9.39. The van der Waals surface area contributed by atoms with Crippen molar-refractivity contribution in [1.29, 1.82) is 0 Å². The first-order chi connectivity index (χ1) is 14.1. The summed E-state index contributed by atoms with van der Waals surface area (Å²) in [4.78, 5) is 31.0. The Hall–Kier alpha value is -1.84. The highest BCUT2D eigenvalue weighted by atomic mass is 127. The molecule has 2 amide bonds. The maximum Gasteiger partial charge on any atom is 0.251 e. The van der Waals surface area contributed by atoms with Gasteiger partial charge in [0.25, 0.3) is 5.91 Å². The number of carbonyl (C=O) groups is 2. The molecule has 7 nitrogen and oxygen atoms in total. The highest BCUT2D eigenvalue weighted by Crippen LogP contribution is 2.27. The predicted molar refractivity (Wildman–Crippen MR) is 130 cm³/mol. The number of nitrogens with one attached hydrogen (secondary N) is 3. The number of likely N-dealkylation sites (tertiary alicyclic amines) is 1. The summed E-state index contributed by atoms with van der Waals surface area (Å²) in [5.74, 6) is 1.26. The fourth-order valence-electron chi connectivity index (χ4n) is 4.10. The number of hydrogen-bond donors (Lipinski definition) is 3. The Balaban J connectivity index is 0.00000320. The van der Waals surface area contributed by atoms with Crippen molar-refractivity contribution in [2.75, 3.05) is 26.7 Å². The van der Waals surface area contributed by atoms with Crippen molar-refractivity contribution in [3.8, 4) is 0 Å². The highest BCUT2D eigenvalue weighted by Gasteiger charge is 2.32. The van der Waals surface area contributed by atoms with E-state index >= 15 is 0 Å². The zero-order valence-electron chi connectivity index (χ0n) is 17.9. The molecule has 2 fully saturated rings. The van der Waals surface area contributed by atoms with Gasteiger partial charge in [-0.2, -0.15) is 0 Å². The minimum atomic E-state index is -0.0898. The average molecular weight is 527 g/mol. The largest absolute Gasteiger partial charge is 0.357 e. The summed E-state index contributed by atoms with van der Waals surface area (Å²) in [6.45, 7) is 4.92. The molecule has 0 spiro atoms. The molecule has 1 aliphatic carbocycles. The van der Waals surface area contributed by atoms with Crippen molar-refractivity contribution in [1.82, 2.24) is 20.9 Å². The van der Waals surface area contributed by atoms with E-state index in [1.807, 2.05) is 36.1 Å². The maximum absolute atomic E-state index is 12.6. The van der Waals surface area contributed by atoms with Crippen LogP contribution in [0.3, 0.4) is 0 Å². The number of halogens is 1. The monoisotopic (exact) mass is 527 g/mol. The molecule has 1 unspecified atom stereocenters. The molecular formula is C22H34IN5O2. The van der Waals surface area contributed by atoms with Crippen LogP contribution in [0, 0.1) is 5.92 Å². The molecular weight excluding hydrogens is 493 g/mol. The van der Waals surface area contributed by atoms with Gasteiger partial charge in [-0.3, -0.25) is 9.59 Å². The van der Waals surface area contributed by atoms with Crippen molar-refractivity contribution >= 4 is 41.8 Å². The molecule has 2 aliphatic rings. The number of rotatable bonds is 6. The Labute approximate surface area is 196 Å². The van der Waals surface area contributed by atoms with E-state index in [9.17, 15) is 9.59 Å². The summed E-state index contributed by atoms with van der Waals surface area (Å²) in [7, 11) is 1.63. The number of hydrogen-bond acceptors (Lipinski definition) is 3. The van der Waals surface area contributed by atoms with Crippen LogP contribution in [0.5, 0.6) is 0 Å². The van der Waals surface area contributed by atoms with E-state index in [0.29, 0.717) is 18.0 Å². The Morgan fingerprint density at radius 1 is 1.13 bits per heavy atom. The van der Waals surface area contributed by atoms with Crippen molar-refractivity contribution in [3.05, 3.63) is 35.4 Å². The first kappa shape index (κ1) is 24.4. The first-order valence-electron chi connectivity index (χ1n) is 10.8. The van der Waals surface area contributed by atoms with Crippen molar-refractivity contribution in [3.63, 3.8) is 0 Å². The smallest absolute Gasteiger partial charge is 0.251 e. The highest BCUT2D eigenvalue weighted by molar-refractivity contribution is 14.0. The zero-order valence-corrected chi connectivity index (χ0v) is 20.3. The van der Waals surface area contributed by atoms with Crippen LogP contribution in [-0.2, 0) is 11.3 Å². The van der Waals surface area contributed by atoms with Gasteiger partial charge in [-0.25, -0.2) is 4.99 Å². The molecule has 0 aromatic heterocycles. The Morgan fingerprint density at radius 3 is 2.47 bits per heavy atom. The number of amides is 2. The molecule has 3 rings (SSSR count). The van der Waals surface area contributed by atoms with Gasteiger partial charge in [0.15, 0.2) is 5.96 Å². The molecule has 1 aliphatic heterocycles. The second-order valence-corrected chi connectivity index (χ2v) is 7.87. The van der Waals surface area contributed by atoms with E-state index < -0.39 is 0 Å². The first-order valence-corrected chi connectivity index (χ1v) is 10.8. The van der Waals surface area contributed by atoms with Gasteiger partial charge in [0.2, 0.25) is 5.91 Å². The SMILES string of the molecule is CCNC(=NCc1ccc(C(=O)NC)cc1)NC1CCN(C(=O)C2CCCC2)C1.I. The quantitative estimate of drug-likeness (QED) is 0.302. The number of nitrogens with zero attached hydrogens (tertiary/aromatic N) is 2. The molecule has 30 heavy (non-hydrogen) atoms. The molecule has 1 aromatic rings. The fraction of sp³-hybridized carbons (Fsp3) is 0.591. The number of aliphatic imine (C=N–C) groups is 1. The van der Waals surface area contributed by atoms with Gasteiger partial charge >= 0.3 is 0 Å². The van der Waals surface area contributed by atoms with Crippen molar-refractivity contribution in [2.45, 2.75) is 51.6 Å². The average Bonchev–Trinajstić information content (AvgIpc) is 3.44. The molecule has 1 aromatic carbocycles. The molecule has 3 N–H and O–H groups in total. The van der Waals surface area contributed by atoms with E-state index in [2.05, 4.69) is 20.9 Å². The molecule has 1 heterocycles. The Bertz CT molecular complexity index is 732. The number of benzene rings is 1. The summed E-state index contributed by atoms with van der Waals surface area (Å²) < 4.78 is 0. The molecule has 166 valence electrons. The van der Waals surface area contributed by atoms with Crippen LogP contribution in [0.15, 0.2) is 29.3 Å². The molecule has 0 bridgehead atoms. The van der Waals surface area contributed by atoms with Crippen molar-refractivity contribution in [2.24, 2.45) is 10.9 Å². The summed E-state index contributed by atoms with van der Waals surface area (Å²) in [5.41, 5.74) is 1.68. The van der Waals surface area contributed by atoms with Gasteiger partial charge in [-0.15, -0.1) is 24.0 Å². The molecule has 8 heteroatoms. The van der Waals surface area contributed by atoms with Gasteiger partial charge in [-0.05, 0) is 43.9 Å². The van der Waals surface area contributed by atoms with E-state index in [0.717, 1.165) is 50.4 Å². The Kier molecular flexibility index (Phi) is 9.87. The maximum atomic E-state index is 12.6. The third-order valence-electron chi connectivity index (χ3n) is 5.75. The van der Waals surface area contributed by atoms with Gasteiger partial charge in [0.05, 0.1) is 6.54 Å². The summed E-state index contributed by atoms with van der Waals surface area (Å²) in [6.07, 6.45) is 5.43. The fourth-order valence-corrected chi connectivity index (χ4v) is 4.10. The van der Waals surface area contributed by atoms with Gasteiger partial charge < -0.3 is 20.9 Å². The minimum absolute atomic E-state index is 0. The van der Waals surface area contributed by atoms with Crippen molar-refractivity contribution < 1.29 is 9.59 Å². The summed E-state index contributed by atoms with van der Waals surface area (Å²) >= 11 is 0. The molecule has 1 saturated carbocycles. The van der Waals surface area contributed by atoms with Crippen LogP contribution in [0.1, 0.15) is 54.9 Å². The lowest BCUT2D eigenvalue weighted by atomic mass is 10.1. The van der Waals surface area contributed by atoms with Gasteiger partial charge in [0.1, 0.15) is 0 Å². The van der Waals surface area contributed by atoms with Crippen LogP contribution in [0.4, 0.5) is 0 Å². The third-order valence-corrected chi connectivity index (χ3v) is 5.75. The second-order valence-electron chi connectivity index (χ2n) is 7.87. The van der Waals surface area contributed by atoms with Crippen LogP contribution in [-0.4, -0.2) is 55.4 Å². The van der Waals surface area contributed by atoms with Crippen LogP contribution in [0.25, 0.3) is 0 Å². The van der Waals surface area contributed by atoms with Gasteiger partial charge in [-0.1, -0.05) is 25.0 Å². The van der Waals surface area contributed by atoms with Crippen LogP contribution in [0.2, 0.25) is 0 Å². The van der Waals surface area contributed by atoms with Crippen LogP contribution < -0.4 is 16.0 Å². The van der Waals surface area contributed by atoms with E-state index in [1.165, 1.54) is 12.8 Å². The summed E-state index contributed by atoms with van der Waals surface area (Å²) in [6, 6.07) is 7.71. The lowest BCUT2D eigenvalue weighted by Crippen LogP contribution is -2.45. The lowest BCUT2D eigenvalue weighted by Gasteiger charge is -2.21. The zero-order chi connectivity index (χ0) is 20.6. The number of carbonyl (C=O) groups excluding carboxylic acids is 2. The second kappa shape index (κ2) is 12.1. The van der Waals surface area contributed by atoms with E-state index in [4.69, 9.17) is 0 Å². The molecule has 1 atom stereocenters. The topological polar surface area (TPSA) is 85.8 Å². The lowest BCUT2D eigenvalue weighted by molar-refractivity contribution is -0.134. The standard InChI is InChI=1S/C22H33N5O2.HI/c1-3-24-22(25-14-16-8-10-17(11-9-16)20(28)23-2)26-19-12-13-27(15-19)21(29)18-6-4-5-7-18;/h8-11,18-19H,3-7,12-15H2,1-2H3,(H,23,28)(H2,24,25,26);1H. The third kappa shape index (κ3) is 6.58. The van der Waals surface area contributed by atoms with Crippen LogP contribution >= 0.6 is 24.0 Å². The van der Waals surface area contributed by atoms with E-state index in [1.54, 1.807) is 7.05 Å². The van der Waals surface area contributed by atoms with E-state index in [-0.39, 0.29) is 41.8 Å². The normalized spacial score (nSPS) is 19.3. The molecule has 1 saturated heterocycles.